The highest BCUT2D eigenvalue weighted by atomic mass is 32.2. The summed E-state index contributed by atoms with van der Waals surface area (Å²) >= 11 is 0. The normalized spacial score (nSPS) is 17.2. The Morgan fingerprint density at radius 1 is 1.19 bits per heavy atom. The van der Waals surface area contributed by atoms with Crippen molar-refractivity contribution in [3.05, 3.63) is 28.3 Å². The van der Waals surface area contributed by atoms with Crippen LogP contribution in [0.25, 0.3) is 0 Å². The number of hydrogen-bond donors (Lipinski definition) is 1. The highest BCUT2D eigenvalue weighted by Crippen LogP contribution is 2.33. The molecule has 0 aliphatic heterocycles. The average molecular weight is 386 g/mol. The van der Waals surface area contributed by atoms with E-state index in [1.165, 1.54) is 20.3 Å². The molecule has 26 heavy (non-hydrogen) atoms. The van der Waals surface area contributed by atoms with Crippen molar-refractivity contribution in [2.24, 2.45) is 0 Å². The van der Waals surface area contributed by atoms with Crippen molar-refractivity contribution in [3.63, 3.8) is 0 Å². The molecule has 0 saturated heterocycles. The SMILES string of the molecule is COC(=O)C1(NS(=O)(=O)c2cc([N+](=O)[O-])ccc2OC)CCCCCC1. The van der Waals surface area contributed by atoms with E-state index >= 15 is 0 Å². The standard InChI is InChI=1S/C16H22N2O7S/c1-24-13-8-7-12(18(20)21)11-14(13)26(22,23)17-16(15(19)25-2)9-5-3-4-6-10-16/h7-8,11,17H,3-6,9-10H2,1-2H3. The molecule has 1 N–H and O–H groups in total. The summed E-state index contributed by atoms with van der Waals surface area (Å²) in [5, 5.41) is 11.0. The van der Waals surface area contributed by atoms with Gasteiger partial charge in [0.2, 0.25) is 10.0 Å². The molecule has 0 atom stereocenters. The summed E-state index contributed by atoms with van der Waals surface area (Å²) in [7, 11) is -1.80. The highest BCUT2D eigenvalue weighted by molar-refractivity contribution is 7.89. The number of carbonyl (C=O) groups excluding carboxylic acids is 1. The van der Waals surface area contributed by atoms with E-state index in [1.807, 2.05) is 0 Å². The van der Waals surface area contributed by atoms with Gasteiger partial charge in [-0.05, 0) is 18.9 Å². The molecule has 0 unspecified atom stereocenters. The third-order valence-electron chi connectivity index (χ3n) is 4.51. The van der Waals surface area contributed by atoms with Gasteiger partial charge in [0.1, 0.15) is 16.2 Å². The van der Waals surface area contributed by atoms with Crippen LogP contribution in [0.2, 0.25) is 0 Å². The molecule has 10 heteroatoms. The fraction of sp³-hybridized carbons (Fsp3) is 0.562. The molecule has 1 saturated carbocycles. The number of ether oxygens (including phenoxy) is 2. The summed E-state index contributed by atoms with van der Waals surface area (Å²) in [5.74, 6) is -0.705. The molecular formula is C16H22N2O7S. The van der Waals surface area contributed by atoms with Gasteiger partial charge >= 0.3 is 5.97 Å². The van der Waals surface area contributed by atoms with Crippen molar-refractivity contribution in [2.45, 2.75) is 49.0 Å². The number of benzene rings is 1. The van der Waals surface area contributed by atoms with E-state index in [-0.39, 0.29) is 16.3 Å². The molecule has 9 nitrogen and oxygen atoms in total. The summed E-state index contributed by atoms with van der Waals surface area (Å²) in [6, 6.07) is 3.28. The number of carbonyl (C=O) groups is 1. The Kier molecular flexibility index (Phi) is 6.19. The lowest BCUT2D eigenvalue weighted by molar-refractivity contribution is -0.385. The zero-order chi connectivity index (χ0) is 19.4. The minimum Gasteiger partial charge on any atom is -0.495 e. The molecular weight excluding hydrogens is 364 g/mol. The van der Waals surface area contributed by atoms with Crippen molar-refractivity contribution in [1.82, 2.24) is 4.72 Å². The summed E-state index contributed by atoms with van der Waals surface area (Å²) in [6.07, 6.45) is 3.72. The van der Waals surface area contributed by atoms with E-state index in [2.05, 4.69) is 4.72 Å². The van der Waals surface area contributed by atoms with Crippen molar-refractivity contribution < 1.29 is 27.6 Å². The number of nitro benzene ring substituents is 1. The molecule has 0 spiro atoms. The monoisotopic (exact) mass is 386 g/mol. The molecule has 2 rings (SSSR count). The topological polar surface area (TPSA) is 125 Å². The van der Waals surface area contributed by atoms with Crippen molar-refractivity contribution in [3.8, 4) is 5.75 Å². The lowest BCUT2D eigenvalue weighted by Gasteiger charge is -2.30. The van der Waals surface area contributed by atoms with Crippen LogP contribution in [0, 0.1) is 10.1 Å². The maximum atomic E-state index is 13.0. The summed E-state index contributed by atoms with van der Waals surface area (Å²) in [4.78, 5) is 22.3. The Balaban J connectivity index is 2.49. The Bertz CT molecular complexity index is 784. The molecule has 1 fully saturated rings. The largest absolute Gasteiger partial charge is 0.495 e. The smallest absolute Gasteiger partial charge is 0.327 e. The van der Waals surface area contributed by atoms with Crippen LogP contribution < -0.4 is 9.46 Å². The van der Waals surface area contributed by atoms with Crippen LogP contribution in [0.3, 0.4) is 0 Å². The number of non-ortho nitro benzene ring substituents is 1. The van der Waals surface area contributed by atoms with Crippen LogP contribution in [-0.4, -0.2) is 39.1 Å². The zero-order valence-electron chi connectivity index (χ0n) is 14.7. The van der Waals surface area contributed by atoms with Crippen LogP contribution in [0.1, 0.15) is 38.5 Å². The van der Waals surface area contributed by atoms with Gasteiger partial charge in [-0.15, -0.1) is 0 Å². The summed E-state index contributed by atoms with van der Waals surface area (Å²) in [5.41, 5.74) is -1.78. The maximum absolute atomic E-state index is 13.0. The molecule has 1 aliphatic rings. The van der Waals surface area contributed by atoms with Gasteiger partial charge in [0.05, 0.1) is 19.1 Å². The van der Waals surface area contributed by atoms with Crippen LogP contribution in [0.4, 0.5) is 5.69 Å². The third-order valence-corrected chi connectivity index (χ3v) is 6.07. The fourth-order valence-corrected chi connectivity index (χ4v) is 4.78. The highest BCUT2D eigenvalue weighted by Gasteiger charge is 2.44. The number of nitrogens with one attached hydrogen (secondary N) is 1. The van der Waals surface area contributed by atoms with Gasteiger partial charge in [0.15, 0.2) is 0 Å². The van der Waals surface area contributed by atoms with Crippen molar-refractivity contribution >= 4 is 21.7 Å². The molecule has 0 radical (unpaired) electrons. The van der Waals surface area contributed by atoms with Gasteiger partial charge in [-0.25, -0.2) is 8.42 Å². The number of rotatable bonds is 6. The van der Waals surface area contributed by atoms with Gasteiger partial charge in [-0.2, -0.15) is 4.72 Å². The summed E-state index contributed by atoms with van der Waals surface area (Å²) < 4.78 is 38.3. The van der Waals surface area contributed by atoms with Gasteiger partial charge in [0, 0.05) is 12.1 Å². The molecule has 144 valence electrons. The van der Waals surface area contributed by atoms with E-state index in [9.17, 15) is 23.3 Å². The Labute approximate surface area is 151 Å². The Morgan fingerprint density at radius 2 is 1.81 bits per heavy atom. The first-order valence-corrected chi connectivity index (χ1v) is 9.69. The predicted molar refractivity (Wildman–Crippen MR) is 92.4 cm³/mol. The maximum Gasteiger partial charge on any atom is 0.327 e. The van der Waals surface area contributed by atoms with E-state index in [1.54, 1.807) is 0 Å². The Hall–Kier alpha value is -2.20. The molecule has 1 aromatic carbocycles. The number of esters is 1. The van der Waals surface area contributed by atoms with Crippen LogP contribution in [0.15, 0.2) is 23.1 Å². The minimum atomic E-state index is -4.27. The van der Waals surface area contributed by atoms with Crippen molar-refractivity contribution in [2.75, 3.05) is 14.2 Å². The molecule has 1 aliphatic carbocycles. The molecule has 0 bridgehead atoms. The first kappa shape index (κ1) is 20.1. The zero-order valence-corrected chi connectivity index (χ0v) is 15.5. The van der Waals surface area contributed by atoms with Crippen LogP contribution >= 0.6 is 0 Å². The number of methoxy groups -OCH3 is 2. The first-order chi connectivity index (χ1) is 12.3. The minimum absolute atomic E-state index is 0.0447. The first-order valence-electron chi connectivity index (χ1n) is 8.20. The number of nitrogens with zero attached hydrogens (tertiary/aromatic N) is 1. The quantitative estimate of drug-likeness (QED) is 0.344. The molecule has 0 amide bonds. The number of sulfonamides is 1. The predicted octanol–water partition coefficient (Wildman–Crippen LogP) is 2.15. The lowest BCUT2D eigenvalue weighted by atomic mass is 9.92. The fourth-order valence-electron chi connectivity index (χ4n) is 3.18. The molecule has 1 aromatic rings. The Morgan fingerprint density at radius 3 is 2.31 bits per heavy atom. The van der Waals surface area contributed by atoms with Gasteiger partial charge < -0.3 is 9.47 Å². The van der Waals surface area contributed by atoms with Crippen molar-refractivity contribution in [1.29, 1.82) is 0 Å². The van der Waals surface area contributed by atoms with E-state index < -0.39 is 26.5 Å². The van der Waals surface area contributed by atoms with E-state index in [0.29, 0.717) is 25.7 Å². The third kappa shape index (κ3) is 4.13. The van der Waals surface area contributed by atoms with Gasteiger partial charge in [0.25, 0.3) is 5.69 Å². The van der Waals surface area contributed by atoms with Crippen LogP contribution in [0.5, 0.6) is 5.75 Å². The lowest BCUT2D eigenvalue weighted by Crippen LogP contribution is -2.54. The average Bonchev–Trinajstić information content (AvgIpc) is 2.86. The van der Waals surface area contributed by atoms with E-state index in [4.69, 9.17) is 9.47 Å². The second-order valence-electron chi connectivity index (χ2n) is 6.19. The molecule has 0 heterocycles. The summed E-state index contributed by atoms with van der Waals surface area (Å²) in [6.45, 7) is 0. The number of hydrogen-bond acceptors (Lipinski definition) is 7. The van der Waals surface area contributed by atoms with E-state index in [0.717, 1.165) is 25.0 Å². The van der Waals surface area contributed by atoms with Gasteiger partial charge in [-0.3, -0.25) is 14.9 Å². The van der Waals surface area contributed by atoms with Gasteiger partial charge in [-0.1, -0.05) is 25.7 Å². The second-order valence-corrected chi connectivity index (χ2v) is 7.84. The van der Waals surface area contributed by atoms with Crippen LogP contribution in [-0.2, 0) is 19.6 Å². The number of nitro groups is 1. The second kappa shape index (κ2) is 8.00. The molecule has 0 aromatic heterocycles.